The molecule has 2 aliphatic rings. The van der Waals surface area contributed by atoms with Gasteiger partial charge in [0.05, 0.1) is 13.2 Å². The molecule has 3 rings (SSSR count). The Labute approximate surface area is 118 Å². The topological polar surface area (TPSA) is 75.8 Å². The summed E-state index contributed by atoms with van der Waals surface area (Å²) >= 11 is 0. The maximum absolute atomic E-state index is 11.4. The number of nitrogens with zero attached hydrogens (tertiary/aromatic N) is 1. The number of carboxylic acids is 1. The Hall–Kier alpha value is -1.43. The normalized spacial score (nSPS) is 33.9. The number of piperidine rings is 1. The number of rotatable bonds is 3. The van der Waals surface area contributed by atoms with E-state index in [1.54, 1.807) is 0 Å². The first-order valence-corrected chi connectivity index (χ1v) is 6.98. The number of hydrogen-bond acceptors (Lipinski definition) is 4. The first-order valence-electron chi connectivity index (χ1n) is 6.98. The van der Waals surface area contributed by atoms with Crippen LogP contribution in [0.3, 0.4) is 0 Å². The van der Waals surface area contributed by atoms with E-state index in [0.717, 1.165) is 6.54 Å². The number of hydrogen-bond donors (Lipinski definition) is 2. The van der Waals surface area contributed by atoms with Gasteiger partial charge < -0.3 is 15.6 Å². The minimum Gasteiger partial charge on any atom is -0.480 e. The van der Waals surface area contributed by atoms with Gasteiger partial charge in [0, 0.05) is 18.6 Å². The third-order valence-corrected chi connectivity index (χ3v) is 4.39. The molecule has 3 N–H and O–H groups in total. The number of aliphatic carboxylic acids is 1. The van der Waals surface area contributed by atoms with Crippen molar-refractivity contribution in [3.8, 4) is 0 Å². The third-order valence-electron chi connectivity index (χ3n) is 4.39. The molecule has 5 nitrogen and oxygen atoms in total. The van der Waals surface area contributed by atoms with Gasteiger partial charge in [-0.15, -0.1) is 0 Å². The smallest absolute Gasteiger partial charge is 0.323 e. The molecule has 0 amide bonds. The summed E-state index contributed by atoms with van der Waals surface area (Å²) in [4.78, 5) is 13.7. The van der Waals surface area contributed by atoms with Crippen LogP contribution in [0.2, 0.25) is 0 Å². The van der Waals surface area contributed by atoms with Crippen LogP contribution in [0.15, 0.2) is 30.3 Å². The molecule has 5 heteroatoms. The molecular weight excluding hydrogens is 256 g/mol. The van der Waals surface area contributed by atoms with E-state index in [-0.39, 0.29) is 12.1 Å². The molecule has 2 fully saturated rings. The van der Waals surface area contributed by atoms with Crippen molar-refractivity contribution in [2.24, 2.45) is 5.73 Å². The minimum absolute atomic E-state index is 0.0869. The molecule has 1 aromatic rings. The van der Waals surface area contributed by atoms with Crippen molar-refractivity contribution in [2.45, 2.75) is 37.0 Å². The van der Waals surface area contributed by atoms with Crippen molar-refractivity contribution in [3.63, 3.8) is 0 Å². The fraction of sp³-hybridized carbons (Fsp3) is 0.533. The maximum atomic E-state index is 11.4. The van der Waals surface area contributed by atoms with Crippen LogP contribution in [-0.2, 0) is 16.1 Å². The van der Waals surface area contributed by atoms with Gasteiger partial charge in [0.2, 0.25) is 0 Å². The van der Waals surface area contributed by atoms with Gasteiger partial charge >= 0.3 is 5.97 Å². The van der Waals surface area contributed by atoms with E-state index >= 15 is 0 Å². The number of morpholine rings is 1. The van der Waals surface area contributed by atoms with E-state index in [1.165, 1.54) is 5.56 Å². The number of carbonyl (C=O) groups is 1. The zero-order chi connectivity index (χ0) is 14.2. The van der Waals surface area contributed by atoms with Crippen molar-refractivity contribution in [3.05, 3.63) is 35.9 Å². The Morgan fingerprint density at radius 1 is 1.30 bits per heavy atom. The number of fused-ring (bicyclic) bond motifs is 2. The molecule has 2 unspecified atom stereocenters. The lowest BCUT2D eigenvalue weighted by molar-refractivity contribution is -0.154. The Morgan fingerprint density at radius 3 is 2.45 bits per heavy atom. The zero-order valence-corrected chi connectivity index (χ0v) is 11.4. The highest BCUT2D eigenvalue weighted by molar-refractivity contribution is 5.78. The van der Waals surface area contributed by atoms with Crippen molar-refractivity contribution in [1.82, 2.24) is 4.90 Å². The number of benzene rings is 1. The van der Waals surface area contributed by atoms with Gasteiger partial charge in [0.1, 0.15) is 5.54 Å². The van der Waals surface area contributed by atoms with Crippen LogP contribution >= 0.6 is 0 Å². The first kappa shape index (κ1) is 13.5. The molecule has 0 aliphatic carbocycles. The fourth-order valence-corrected chi connectivity index (χ4v) is 3.33. The Kier molecular flexibility index (Phi) is 3.50. The van der Waals surface area contributed by atoms with Crippen molar-refractivity contribution in [1.29, 1.82) is 0 Å². The maximum Gasteiger partial charge on any atom is 0.323 e. The number of ether oxygens (including phenoxy) is 1. The first-order chi connectivity index (χ1) is 9.58. The summed E-state index contributed by atoms with van der Waals surface area (Å²) in [6.07, 6.45) is 0.900. The van der Waals surface area contributed by atoms with Crippen molar-refractivity contribution >= 4 is 5.97 Å². The molecule has 108 valence electrons. The van der Waals surface area contributed by atoms with E-state index in [0.29, 0.717) is 26.1 Å². The van der Waals surface area contributed by atoms with Gasteiger partial charge in [-0.25, -0.2) is 0 Å². The highest BCUT2D eigenvalue weighted by Crippen LogP contribution is 2.34. The lowest BCUT2D eigenvalue weighted by Gasteiger charge is -2.50. The van der Waals surface area contributed by atoms with E-state index < -0.39 is 11.5 Å². The zero-order valence-electron chi connectivity index (χ0n) is 11.4. The summed E-state index contributed by atoms with van der Waals surface area (Å²) in [5, 5.41) is 9.34. The number of carboxylic acid groups (broad SMARTS) is 1. The van der Waals surface area contributed by atoms with Crippen LogP contribution in [0.5, 0.6) is 0 Å². The molecule has 20 heavy (non-hydrogen) atoms. The van der Waals surface area contributed by atoms with E-state index in [4.69, 9.17) is 10.5 Å². The quantitative estimate of drug-likeness (QED) is 0.855. The SMILES string of the molecule is NC1(C(=O)O)CC2COCC(C1)N2Cc1ccccc1. The van der Waals surface area contributed by atoms with Crippen molar-refractivity contribution < 1.29 is 14.6 Å². The van der Waals surface area contributed by atoms with Crippen LogP contribution in [0.25, 0.3) is 0 Å². The number of nitrogens with two attached hydrogens (primary N) is 1. The molecule has 0 spiro atoms. The van der Waals surface area contributed by atoms with Crippen LogP contribution < -0.4 is 5.73 Å². The molecule has 2 saturated heterocycles. The summed E-state index contributed by atoms with van der Waals surface area (Å²) in [5.74, 6) is -0.895. The van der Waals surface area contributed by atoms with Crippen LogP contribution in [0.4, 0.5) is 0 Å². The average molecular weight is 276 g/mol. The Bertz CT molecular complexity index is 477. The molecule has 1 aromatic carbocycles. The molecular formula is C15H20N2O3. The predicted octanol–water partition coefficient (Wildman–Crippen LogP) is 0.832. The van der Waals surface area contributed by atoms with E-state index in [1.807, 2.05) is 18.2 Å². The largest absolute Gasteiger partial charge is 0.480 e. The van der Waals surface area contributed by atoms with Crippen LogP contribution in [-0.4, -0.2) is 46.8 Å². The second kappa shape index (κ2) is 5.16. The Morgan fingerprint density at radius 2 is 1.90 bits per heavy atom. The Balaban J connectivity index is 1.79. The van der Waals surface area contributed by atoms with Gasteiger partial charge in [-0.3, -0.25) is 9.69 Å². The predicted molar refractivity (Wildman–Crippen MR) is 74.2 cm³/mol. The van der Waals surface area contributed by atoms with Gasteiger partial charge in [0.15, 0.2) is 0 Å². The van der Waals surface area contributed by atoms with Crippen LogP contribution in [0, 0.1) is 0 Å². The summed E-state index contributed by atoms with van der Waals surface area (Å²) in [6, 6.07) is 10.4. The van der Waals surface area contributed by atoms with Gasteiger partial charge in [-0.05, 0) is 18.4 Å². The van der Waals surface area contributed by atoms with Gasteiger partial charge in [0.25, 0.3) is 0 Å². The summed E-state index contributed by atoms with van der Waals surface area (Å²) in [5.41, 5.74) is 6.20. The lowest BCUT2D eigenvalue weighted by Crippen LogP contribution is -2.66. The lowest BCUT2D eigenvalue weighted by atomic mass is 9.79. The second-order valence-electron chi connectivity index (χ2n) is 5.87. The molecule has 0 radical (unpaired) electrons. The summed E-state index contributed by atoms with van der Waals surface area (Å²) in [6.45, 7) is 1.96. The van der Waals surface area contributed by atoms with Gasteiger partial charge in [-0.1, -0.05) is 30.3 Å². The second-order valence-corrected chi connectivity index (χ2v) is 5.87. The summed E-state index contributed by atoms with van der Waals surface area (Å²) < 4.78 is 5.59. The third kappa shape index (κ3) is 2.44. The van der Waals surface area contributed by atoms with Gasteiger partial charge in [-0.2, -0.15) is 0 Å². The molecule has 0 aromatic heterocycles. The van der Waals surface area contributed by atoms with Crippen LogP contribution in [0.1, 0.15) is 18.4 Å². The molecule has 2 heterocycles. The monoisotopic (exact) mass is 276 g/mol. The fourth-order valence-electron chi connectivity index (χ4n) is 3.33. The van der Waals surface area contributed by atoms with E-state index in [2.05, 4.69) is 17.0 Å². The molecule has 2 aliphatic heterocycles. The highest BCUT2D eigenvalue weighted by Gasteiger charge is 2.48. The molecule has 0 saturated carbocycles. The summed E-state index contributed by atoms with van der Waals surface area (Å²) in [7, 11) is 0. The molecule has 2 atom stereocenters. The highest BCUT2D eigenvalue weighted by atomic mass is 16.5. The minimum atomic E-state index is -1.10. The van der Waals surface area contributed by atoms with E-state index in [9.17, 15) is 9.90 Å². The standard InChI is InChI=1S/C15H20N2O3/c16-15(14(18)19)6-12-9-20-10-13(7-15)17(12)8-11-4-2-1-3-5-11/h1-5,12-13H,6-10,16H2,(H,18,19). The van der Waals surface area contributed by atoms with Crippen molar-refractivity contribution in [2.75, 3.05) is 13.2 Å². The molecule has 2 bridgehead atoms. The average Bonchev–Trinajstić information content (AvgIpc) is 2.41.